The number of rotatable bonds is 6. The van der Waals surface area contributed by atoms with Crippen LogP contribution in [0.2, 0.25) is 0 Å². The number of carboxylic acid groups (broad SMARTS) is 2. The minimum atomic E-state index is -1.31. The van der Waals surface area contributed by atoms with E-state index in [0.717, 1.165) is 49.2 Å². The van der Waals surface area contributed by atoms with Gasteiger partial charge in [-0.1, -0.05) is 41.7 Å². The molecular formula is C21H22N4O4S. The summed E-state index contributed by atoms with van der Waals surface area (Å²) >= 11 is 1.50. The molecule has 9 heteroatoms. The molecule has 8 nitrogen and oxygen atoms in total. The summed E-state index contributed by atoms with van der Waals surface area (Å²) in [5, 5.41) is 19.0. The van der Waals surface area contributed by atoms with Crippen LogP contribution in [0, 0.1) is 0 Å². The number of nitrogens with zero attached hydrogens (tertiary/aromatic N) is 4. The molecule has 0 bridgehead atoms. The maximum Gasteiger partial charge on any atom is 0.338 e. The van der Waals surface area contributed by atoms with Gasteiger partial charge in [-0.25, -0.2) is 14.6 Å². The van der Waals surface area contributed by atoms with Gasteiger partial charge in [0.05, 0.1) is 17.0 Å². The fraction of sp³-hybridized carbons (Fsp3) is 0.286. The minimum absolute atomic E-state index is 0.284. The lowest BCUT2D eigenvalue weighted by atomic mass is 10.0. The van der Waals surface area contributed by atoms with Crippen molar-refractivity contribution in [2.75, 3.05) is 33.2 Å². The SMILES string of the molecule is CN1CCN(Cc2cn3c(/C(=C\C(=O)O)C(=O)O)c(-c4ccccc4)nc3s2)CC1. The molecule has 1 aliphatic heterocycles. The van der Waals surface area contributed by atoms with Gasteiger partial charge in [0.25, 0.3) is 0 Å². The van der Waals surface area contributed by atoms with Crippen molar-refractivity contribution in [1.82, 2.24) is 19.2 Å². The summed E-state index contributed by atoms with van der Waals surface area (Å²) in [6.45, 7) is 4.72. The van der Waals surface area contributed by atoms with Crippen LogP contribution >= 0.6 is 11.3 Å². The molecule has 0 spiro atoms. The van der Waals surface area contributed by atoms with E-state index in [4.69, 9.17) is 0 Å². The Kier molecular flexibility index (Phi) is 5.67. The Morgan fingerprint density at radius 1 is 1.13 bits per heavy atom. The number of hydrogen-bond acceptors (Lipinski definition) is 6. The lowest BCUT2D eigenvalue weighted by Crippen LogP contribution is -2.43. The zero-order valence-corrected chi connectivity index (χ0v) is 17.3. The van der Waals surface area contributed by atoms with Gasteiger partial charge in [0, 0.05) is 55.4 Å². The average molecular weight is 426 g/mol. The number of carbonyl (C=O) groups is 2. The Morgan fingerprint density at radius 2 is 1.83 bits per heavy atom. The second-order valence-corrected chi connectivity index (χ2v) is 8.40. The van der Waals surface area contributed by atoms with E-state index in [-0.39, 0.29) is 11.3 Å². The number of fused-ring (bicyclic) bond motifs is 1. The van der Waals surface area contributed by atoms with Gasteiger partial charge in [0.1, 0.15) is 0 Å². The summed E-state index contributed by atoms with van der Waals surface area (Å²) in [5.41, 5.74) is 1.19. The van der Waals surface area contributed by atoms with Gasteiger partial charge in [-0.3, -0.25) is 9.30 Å². The van der Waals surface area contributed by atoms with E-state index >= 15 is 0 Å². The van der Waals surface area contributed by atoms with Gasteiger partial charge >= 0.3 is 11.9 Å². The summed E-state index contributed by atoms with van der Waals surface area (Å²) in [6, 6.07) is 9.21. The molecule has 0 saturated carbocycles. The molecule has 0 radical (unpaired) electrons. The van der Waals surface area contributed by atoms with Crippen LogP contribution in [0.1, 0.15) is 10.6 Å². The first-order valence-electron chi connectivity index (χ1n) is 9.57. The molecule has 0 unspecified atom stereocenters. The van der Waals surface area contributed by atoms with Crippen molar-refractivity contribution in [2.24, 2.45) is 0 Å². The molecule has 0 aliphatic carbocycles. The van der Waals surface area contributed by atoms with Crippen LogP contribution in [-0.2, 0) is 16.1 Å². The maximum atomic E-state index is 11.9. The molecule has 1 fully saturated rings. The molecule has 1 aromatic carbocycles. The zero-order valence-electron chi connectivity index (χ0n) is 16.5. The Morgan fingerprint density at radius 3 is 2.47 bits per heavy atom. The minimum Gasteiger partial charge on any atom is -0.478 e. The zero-order chi connectivity index (χ0) is 21.3. The first-order valence-corrected chi connectivity index (χ1v) is 10.4. The number of hydrogen-bond donors (Lipinski definition) is 2. The molecule has 156 valence electrons. The van der Waals surface area contributed by atoms with E-state index in [1.54, 1.807) is 4.40 Å². The number of aromatic nitrogens is 2. The van der Waals surface area contributed by atoms with Crippen LogP contribution in [0.15, 0.2) is 42.6 Å². The van der Waals surface area contributed by atoms with Gasteiger partial charge in [0.15, 0.2) is 4.96 Å². The summed E-state index contributed by atoms with van der Waals surface area (Å²) in [6.07, 6.45) is 2.61. The Hall–Kier alpha value is -3.01. The fourth-order valence-electron chi connectivity index (χ4n) is 3.60. The van der Waals surface area contributed by atoms with Gasteiger partial charge in [-0.05, 0) is 7.05 Å². The quantitative estimate of drug-likeness (QED) is 0.584. The first kappa shape index (κ1) is 20.3. The van der Waals surface area contributed by atoms with E-state index in [9.17, 15) is 19.8 Å². The number of aliphatic carboxylic acids is 2. The van der Waals surface area contributed by atoms with Gasteiger partial charge in [-0.2, -0.15) is 0 Å². The van der Waals surface area contributed by atoms with Crippen LogP contribution < -0.4 is 0 Å². The topological polar surface area (TPSA) is 98.4 Å². The smallest absolute Gasteiger partial charge is 0.338 e. The number of thiazole rings is 1. The monoisotopic (exact) mass is 426 g/mol. The lowest BCUT2D eigenvalue weighted by Gasteiger charge is -2.31. The molecule has 1 aliphatic rings. The lowest BCUT2D eigenvalue weighted by molar-refractivity contribution is -0.133. The number of carboxylic acids is 2. The van der Waals surface area contributed by atoms with E-state index in [1.807, 2.05) is 36.5 Å². The third-order valence-electron chi connectivity index (χ3n) is 5.15. The maximum absolute atomic E-state index is 11.9. The van der Waals surface area contributed by atoms with Crippen molar-refractivity contribution in [3.63, 3.8) is 0 Å². The number of piperazine rings is 1. The summed E-state index contributed by atoms with van der Waals surface area (Å²) in [4.78, 5) is 34.3. The fourth-order valence-corrected chi connectivity index (χ4v) is 4.62. The predicted octanol–water partition coefficient (Wildman–Crippen LogP) is 2.36. The highest BCUT2D eigenvalue weighted by Crippen LogP contribution is 2.33. The van der Waals surface area contributed by atoms with Crippen LogP contribution in [0.4, 0.5) is 0 Å². The Labute approximate surface area is 177 Å². The average Bonchev–Trinajstić information content (AvgIpc) is 3.25. The highest BCUT2D eigenvalue weighted by atomic mass is 32.1. The van der Waals surface area contributed by atoms with Crippen molar-refractivity contribution in [3.8, 4) is 11.3 Å². The number of benzene rings is 1. The molecule has 3 aromatic rings. The van der Waals surface area contributed by atoms with Crippen molar-refractivity contribution in [2.45, 2.75) is 6.54 Å². The molecule has 0 amide bonds. The second-order valence-electron chi connectivity index (χ2n) is 7.31. The molecule has 3 heterocycles. The summed E-state index contributed by atoms with van der Waals surface area (Å²) in [7, 11) is 2.11. The normalized spacial score (nSPS) is 16.2. The van der Waals surface area contributed by atoms with Gasteiger partial charge in [-0.15, -0.1) is 0 Å². The van der Waals surface area contributed by atoms with Crippen LogP contribution in [0.5, 0.6) is 0 Å². The van der Waals surface area contributed by atoms with Crippen LogP contribution in [0.25, 0.3) is 21.8 Å². The van der Waals surface area contributed by atoms with E-state index < -0.39 is 11.9 Å². The van der Waals surface area contributed by atoms with Crippen LogP contribution in [-0.4, -0.2) is 74.6 Å². The molecule has 1 saturated heterocycles. The van der Waals surface area contributed by atoms with Crippen molar-refractivity contribution in [3.05, 3.63) is 53.2 Å². The molecule has 4 rings (SSSR count). The third kappa shape index (κ3) is 4.13. The summed E-state index contributed by atoms with van der Waals surface area (Å²) < 4.78 is 1.71. The number of likely N-dealkylation sites (N-methyl/N-ethyl adjacent to an activating group) is 1. The Bertz CT molecular complexity index is 1110. The van der Waals surface area contributed by atoms with Gasteiger partial charge in [0.2, 0.25) is 0 Å². The van der Waals surface area contributed by atoms with E-state index in [2.05, 4.69) is 21.8 Å². The summed E-state index contributed by atoms with van der Waals surface area (Å²) in [5.74, 6) is -2.61. The largest absolute Gasteiger partial charge is 0.478 e. The van der Waals surface area contributed by atoms with E-state index in [0.29, 0.717) is 10.7 Å². The van der Waals surface area contributed by atoms with Crippen molar-refractivity contribution in [1.29, 1.82) is 0 Å². The molecular weight excluding hydrogens is 404 g/mol. The number of imidazole rings is 1. The van der Waals surface area contributed by atoms with Gasteiger partial charge < -0.3 is 15.1 Å². The highest BCUT2D eigenvalue weighted by Gasteiger charge is 2.25. The van der Waals surface area contributed by atoms with Crippen LogP contribution in [0.3, 0.4) is 0 Å². The standard InChI is InChI=1S/C21H22N4O4S/c1-23-7-9-24(10-8-23)12-15-13-25-19(16(20(28)29)11-17(26)27)18(22-21(25)30-15)14-5-3-2-4-6-14/h2-6,11,13H,7-10,12H2,1H3,(H,26,27)(H,28,29)/b16-11+. The van der Waals surface area contributed by atoms with Crippen molar-refractivity contribution < 1.29 is 19.8 Å². The molecule has 0 atom stereocenters. The Balaban J connectivity index is 1.79. The van der Waals surface area contributed by atoms with Crippen molar-refractivity contribution >= 4 is 33.8 Å². The molecule has 2 N–H and O–H groups in total. The second kappa shape index (κ2) is 8.39. The predicted molar refractivity (Wildman–Crippen MR) is 115 cm³/mol. The molecule has 30 heavy (non-hydrogen) atoms. The first-order chi connectivity index (χ1) is 14.4. The third-order valence-corrected chi connectivity index (χ3v) is 6.12. The highest BCUT2D eigenvalue weighted by molar-refractivity contribution is 7.17. The molecule has 2 aromatic heterocycles. The van der Waals surface area contributed by atoms with E-state index in [1.165, 1.54) is 11.3 Å².